The average molecular weight is 297 g/mol. The van der Waals surface area contributed by atoms with Crippen molar-refractivity contribution >= 4 is 0 Å². The van der Waals surface area contributed by atoms with Crippen molar-refractivity contribution in [3.8, 4) is 0 Å². The summed E-state index contributed by atoms with van der Waals surface area (Å²) in [6.07, 6.45) is 6.77. The summed E-state index contributed by atoms with van der Waals surface area (Å²) in [7, 11) is 1.65. The monoisotopic (exact) mass is 297 g/mol. The molecule has 0 spiro atoms. The second-order valence-corrected chi connectivity index (χ2v) is 5.65. The molecule has 1 aliphatic carbocycles. The Hall–Kier alpha value is -0.980. The van der Waals surface area contributed by atoms with Crippen LogP contribution in [-0.2, 0) is 9.47 Å². The van der Waals surface area contributed by atoms with Gasteiger partial charge in [-0.1, -0.05) is 24.4 Å². The quantitative estimate of drug-likeness (QED) is 0.794. The van der Waals surface area contributed by atoms with Crippen LogP contribution in [-0.4, -0.2) is 30.5 Å². The van der Waals surface area contributed by atoms with Crippen LogP contribution in [0, 0.1) is 5.92 Å². The molecule has 120 valence electrons. The molecule has 1 aromatic heterocycles. The molecule has 21 heavy (non-hydrogen) atoms. The van der Waals surface area contributed by atoms with Crippen molar-refractivity contribution in [2.45, 2.75) is 57.6 Å². The smallest absolute Gasteiger partial charge is 0.243 e. The van der Waals surface area contributed by atoms with Crippen molar-refractivity contribution in [2.75, 3.05) is 20.3 Å². The molecule has 0 aromatic carbocycles. The SMILES string of the molecule is CCOC(c1noc(C(N)CCOC)n1)C1CCCCC1. The van der Waals surface area contributed by atoms with Gasteiger partial charge in [-0.15, -0.1) is 0 Å². The molecule has 1 heterocycles. The Morgan fingerprint density at radius 3 is 2.76 bits per heavy atom. The molecular weight excluding hydrogens is 270 g/mol. The van der Waals surface area contributed by atoms with Gasteiger partial charge in [-0.25, -0.2) is 0 Å². The van der Waals surface area contributed by atoms with Crippen molar-refractivity contribution < 1.29 is 14.0 Å². The summed E-state index contributed by atoms with van der Waals surface area (Å²) in [4.78, 5) is 4.47. The Kier molecular flexibility index (Phi) is 6.60. The zero-order valence-corrected chi connectivity index (χ0v) is 13.1. The normalized spacial score (nSPS) is 19.6. The lowest BCUT2D eigenvalue weighted by atomic mass is 9.85. The summed E-state index contributed by atoms with van der Waals surface area (Å²) >= 11 is 0. The van der Waals surface area contributed by atoms with Gasteiger partial charge in [-0.05, 0) is 32.1 Å². The fraction of sp³-hybridized carbons (Fsp3) is 0.867. The van der Waals surface area contributed by atoms with Crippen LogP contribution in [0.3, 0.4) is 0 Å². The number of hydrogen-bond donors (Lipinski definition) is 1. The van der Waals surface area contributed by atoms with Gasteiger partial charge in [0.2, 0.25) is 11.7 Å². The Morgan fingerprint density at radius 2 is 2.10 bits per heavy atom. The molecule has 2 N–H and O–H groups in total. The van der Waals surface area contributed by atoms with Gasteiger partial charge in [-0.3, -0.25) is 0 Å². The highest BCUT2D eigenvalue weighted by atomic mass is 16.5. The molecule has 0 aliphatic heterocycles. The van der Waals surface area contributed by atoms with E-state index in [1.807, 2.05) is 6.92 Å². The number of methoxy groups -OCH3 is 1. The molecule has 2 rings (SSSR count). The Balaban J connectivity index is 2.04. The summed E-state index contributed by atoms with van der Waals surface area (Å²) in [5, 5.41) is 4.11. The largest absolute Gasteiger partial charge is 0.385 e. The third kappa shape index (κ3) is 4.49. The summed E-state index contributed by atoms with van der Waals surface area (Å²) in [6.45, 7) is 3.23. The van der Waals surface area contributed by atoms with Gasteiger partial charge in [0.15, 0.2) is 0 Å². The van der Waals surface area contributed by atoms with Gasteiger partial charge >= 0.3 is 0 Å². The molecule has 1 aromatic rings. The predicted molar refractivity (Wildman–Crippen MR) is 78.7 cm³/mol. The van der Waals surface area contributed by atoms with Crippen LogP contribution < -0.4 is 5.73 Å². The molecule has 2 atom stereocenters. The number of nitrogens with two attached hydrogens (primary N) is 1. The van der Waals surface area contributed by atoms with Crippen LogP contribution in [0.2, 0.25) is 0 Å². The standard InChI is InChI=1S/C15H27N3O3/c1-3-20-13(11-7-5-4-6-8-11)14-17-15(21-18-14)12(16)9-10-19-2/h11-13H,3-10,16H2,1-2H3. The highest BCUT2D eigenvalue weighted by Crippen LogP contribution is 2.36. The summed E-state index contributed by atoms with van der Waals surface area (Å²) in [5.41, 5.74) is 6.03. The maximum atomic E-state index is 6.03. The number of nitrogens with zero attached hydrogens (tertiary/aromatic N) is 2. The van der Waals surface area contributed by atoms with Gasteiger partial charge < -0.3 is 19.7 Å². The highest BCUT2D eigenvalue weighted by molar-refractivity contribution is 4.97. The van der Waals surface area contributed by atoms with E-state index in [1.165, 1.54) is 32.1 Å². The van der Waals surface area contributed by atoms with E-state index in [0.29, 0.717) is 37.3 Å². The third-order valence-corrected chi connectivity index (χ3v) is 4.09. The number of ether oxygens (including phenoxy) is 2. The summed E-state index contributed by atoms with van der Waals surface area (Å²) in [6, 6.07) is -0.278. The van der Waals surface area contributed by atoms with Gasteiger partial charge in [0, 0.05) is 20.3 Å². The molecule has 6 nitrogen and oxygen atoms in total. The van der Waals surface area contributed by atoms with E-state index < -0.39 is 0 Å². The topological polar surface area (TPSA) is 83.4 Å². The molecule has 1 aliphatic rings. The molecule has 0 radical (unpaired) electrons. The third-order valence-electron chi connectivity index (χ3n) is 4.09. The fourth-order valence-electron chi connectivity index (χ4n) is 2.92. The van der Waals surface area contributed by atoms with Gasteiger partial charge in [-0.2, -0.15) is 4.98 Å². The van der Waals surface area contributed by atoms with E-state index in [0.717, 1.165) is 0 Å². The first-order valence-electron chi connectivity index (χ1n) is 7.95. The minimum atomic E-state index is -0.278. The van der Waals surface area contributed by atoms with Crippen molar-refractivity contribution in [1.82, 2.24) is 10.1 Å². The maximum absolute atomic E-state index is 6.03. The van der Waals surface area contributed by atoms with Gasteiger partial charge in [0.05, 0.1) is 6.04 Å². The maximum Gasteiger partial charge on any atom is 0.243 e. The second-order valence-electron chi connectivity index (χ2n) is 5.65. The molecular formula is C15H27N3O3. The summed E-state index contributed by atoms with van der Waals surface area (Å²) < 4.78 is 16.2. The van der Waals surface area contributed by atoms with Crippen LogP contribution in [0.15, 0.2) is 4.52 Å². The number of aromatic nitrogens is 2. The molecule has 0 amide bonds. The lowest BCUT2D eigenvalue weighted by molar-refractivity contribution is -0.00145. The van der Waals surface area contributed by atoms with E-state index >= 15 is 0 Å². The van der Waals surface area contributed by atoms with Gasteiger partial charge in [0.1, 0.15) is 6.10 Å². The number of hydrogen-bond acceptors (Lipinski definition) is 6. The van der Waals surface area contributed by atoms with Crippen molar-refractivity contribution in [3.05, 3.63) is 11.7 Å². The van der Waals surface area contributed by atoms with Crippen LogP contribution in [0.25, 0.3) is 0 Å². The van der Waals surface area contributed by atoms with Crippen LogP contribution >= 0.6 is 0 Å². The van der Waals surface area contributed by atoms with Crippen molar-refractivity contribution in [2.24, 2.45) is 11.7 Å². The molecule has 6 heteroatoms. The Labute approximate surface area is 126 Å². The lowest BCUT2D eigenvalue weighted by Gasteiger charge is -2.27. The second kappa shape index (κ2) is 8.46. The lowest BCUT2D eigenvalue weighted by Crippen LogP contribution is -2.20. The first kappa shape index (κ1) is 16.4. The van der Waals surface area contributed by atoms with E-state index in [4.69, 9.17) is 19.7 Å². The van der Waals surface area contributed by atoms with Crippen LogP contribution in [0.1, 0.15) is 69.3 Å². The van der Waals surface area contributed by atoms with Crippen molar-refractivity contribution in [1.29, 1.82) is 0 Å². The average Bonchev–Trinajstić information content (AvgIpc) is 3.00. The predicted octanol–water partition coefficient (Wildman–Crippen LogP) is 2.76. The van der Waals surface area contributed by atoms with Crippen LogP contribution in [0.4, 0.5) is 0 Å². The number of rotatable bonds is 8. The minimum absolute atomic E-state index is 0.0672. The van der Waals surface area contributed by atoms with Gasteiger partial charge in [0.25, 0.3) is 0 Å². The molecule has 0 saturated heterocycles. The summed E-state index contributed by atoms with van der Waals surface area (Å²) in [5.74, 6) is 1.61. The van der Waals surface area contributed by atoms with E-state index in [9.17, 15) is 0 Å². The Morgan fingerprint density at radius 1 is 1.33 bits per heavy atom. The molecule has 2 unspecified atom stereocenters. The zero-order chi connectivity index (χ0) is 15.1. The Bertz CT molecular complexity index is 405. The van der Waals surface area contributed by atoms with E-state index in [1.54, 1.807) is 7.11 Å². The first-order chi connectivity index (χ1) is 10.3. The molecule has 1 saturated carbocycles. The first-order valence-corrected chi connectivity index (χ1v) is 7.95. The van der Waals surface area contributed by atoms with Crippen molar-refractivity contribution in [3.63, 3.8) is 0 Å². The molecule has 0 bridgehead atoms. The van der Waals surface area contributed by atoms with Crippen LogP contribution in [0.5, 0.6) is 0 Å². The minimum Gasteiger partial charge on any atom is -0.385 e. The van der Waals surface area contributed by atoms with E-state index in [2.05, 4.69) is 10.1 Å². The highest BCUT2D eigenvalue weighted by Gasteiger charge is 2.30. The van der Waals surface area contributed by atoms with E-state index in [-0.39, 0.29) is 12.1 Å². The fourth-order valence-corrected chi connectivity index (χ4v) is 2.92. The zero-order valence-electron chi connectivity index (χ0n) is 13.1. The molecule has 1 fully saturated rings.